The van der Waals surface area contributed by atoms with Gasteiger partial charge in [-0.25, -0.2) is 0 Å². The van der Waals surface area contributed by atoms with Gasteiger partial charge in [-0.3, -0.25) is 0 Å². The van der Waals surface area contributed by atoms with Crippen LogP contribution in [-0.4, -0.2) is 36.0 Å². The highest BCUT2D eigenvalue weighted by atomic mass is 28.2. The van der Waals surface area contributed by atoms with Crippen molar-refractivity contribution < 1.29 is 13.9 Å². The maximum absolute atomic E-state index is 5.24. The van der Waals surface area contributed by atoms with Crippen LogP contribution in [0.2, 0.25) is 0 Å². The van der Waals surface area contributed by atoms with Crippen LogP contribution < -0.4 is 0 Å². The number of hydrogen-bond acceptors (Lipinski definition) is 3. The zero-order chi connectivity index (χ0) is 7.82. The molecular weight excluding hydrogens is 148 g/mol. The Morgan fingerprint density at radius 2 is 1.70 bits per heavy atom. The minimum Gasteiger partial charge on any atom is -0.421 e. The van der Waals surface area contributed by atoms with Crippen molar-refractivity contribution in [2.45, 2.75) is 19.8 Å². The molecule has 0 amide bonds. The molecule has 0 saturated carbocycles. The molecule has 0 bridgehead atoms. The van der Waals surface area contributed by atoms with E-state index in [0.29, 0.717) is 13.2 Å². The molecule has 0 heterocycles. The molecule has 0 saturated heterocycles. The predicted molar refractivity (Wildman–Crippen MR) is 42.6 cm³/mol. The third-order valence-corrected chi connectivity index (χ3v) is 2.08. The van der Waals surface area contributed by atoms with E-state index in [1.807, 2.05) is 13.8 Å². The Kier molecular flexibility index (Phi) is 7.28. The van der Waals surface area contributed by atoms with E-state index >= 15 is 0 Å². The first-order valence-corrected chi connectivity index (χ1v) is 4.96. The van der Waals surface area contributed by atoms with Crippen molar-refractivity contribution in [3.05, 3.63) is 0 Å². The summed E-state index contributed by atoms with van der Waals surface area (Å²) in [5, 5.41) is 0. The summed E-state index contributed by atoms with van der Waals surface area (Å²) in [5.41, 5.74) is 0. The maximum atomic E-state index is 5.24. The molecule has 0 aliphatic rings. The van der Waals surface area contributed by atoms with Crippen LogP contribution in [0.3, 0.4) is 0 Å². The summed E-state index contributed by atoms with van der Waals surface area (Å²) in [6.07, 6.45) is 0. The highest BCUT2D eigenvalue weighted by molar-refractivity contribution is 6.28. The topological polar surface area (TPSA) is 27.7 Å². The first-order valence-electron chi connectivity index (χ1n) is 3.57. The smallest absolute Gasteiger partial charge is 0.223 e. The van der Waals surface area contributed by atoms with Crippen LogP contribution in [0.5, 0.6) is 0 Å². The Balaban J connectivity index is 3.30. The summed E-state index contributed by atoms with van der Waals surface area (Å²) >= 11 is 0. The largest absolute Gasteiger partial charge is 0.421 e. The van der Waals surface area contributed by atoms with E-state index in [9.17, 15) is 0 Å². The molecule has 0 unspecified atom stereocenters. The molecule has 0 N–H and O–H groups in total. The lowest BCUT2D eigenvalue weighted by molar-refractivity contribution is -0.0889. The SMILES string of the molecule is CCOC(OCC)[SiH2]OC. The Hall–Kier alpha value is 0.0969. The average molecular weight is 164 g/mol. The van der Waals surface area contributed by atoms with Gasteiger partial charge in [-0.2, -0.15) is 0 Å². The van der Waals surface area contributed by atoms with Crippen LogP contribution in [-0.2, 0) is 13.9 Å². The molecule has 10 heavy (non-hydrogen) atoms. The van der Waals surface area contributed by atoms with Gasteiger partial charge >= 0.3 is 0 Å². The van der Waals surface area contributed by atoms with E-state index in [1.54, 1.807) is 7.11 Å². The number of hydrogen-bond donors (Lipinski definition) is 0. The lowest BCUT2D eigenvalue weighted by atomic mass is 10.9. The molecule has 0 rings (SSSR count). The minimum atomic E-state index is -0.631. The van der Waals surface area contributed by atoms with Crippen molar-refractivity contribution in [1.82, 2.24) is 0 Å². The van der Waals surface area contributed by atoms with Crippen LogP contribution in [0, 0.1) is 0 Å². The summed E-state index contributed by atoms with van der Waals surface area (Å²) < 4.78 is 15.5. The summed E-state index contributed by atoms with van der Waals surface area (Å²) in [4.78, 5) is 0. The highest BCUT2D eigenvalue weighted by Crippen LogP contribution is 1.92. The van der Waals surface area contributed by atoms with Gasteiger partial charge < -0.3 is 13.9 Å². The molecule has 62 valence electrons. The molecule has 0 aromatic heterocycles. The summed E-state index contributed by atoms with van der Waals surface area (Å²) in [6.45, 7) is 5.30. The Labute approximate surface area is 64.6 Å². The second kappa shape index (κ2) is 7.21. The normalized spacial score (nSPS) is 12.0. The fraction of sp³-hybridized carbons (Fsp3) is 1.00. The summed E-state index contributed by atoms with van der Waals surface area (Å²) in [5.74, 6) is -0.0556. The number of ether oxygens (including phenoxy) is 2. The first kappa shape index (κ1) is 10.1. The van der Waals surface area contributed by atoms with E-state index in [2.05, 4.69) is 0 Å². The molecular formula is C6H16O3Si. The minimum absolute atomic E-state index is 0.0556. The molecule has 0 aliphatic carbocycles. The molecule has 0 radical (unpaired) electrons. The van der Waals surface area contributed by atoms with Crippen molar-refractivity contribution in [1.29, 1.82) is 0 Å². The highest BCUT2D eigenvalue weighted by Gasteiger charge is 2.06. The second-order valence-corrected chi connectivity index (χ2v) is 3.37. The van der Waals surface area contributed by atoms with Gasteiger partial charge in [-0.05, 0) is 13.8 Å². The molecule has 4 heteroatoms. The van der Waals surface area contributed by atoms with Crippen molar-refractivity contribution in [3.63, 3.8) is 0 Å². The summed E-state index contributed by atoms with van der Waals surface area (Å²) in [7, 11) is 1.06. The van der Waals surface area contributed by atoms with Gasteiger partial charge in [-0.15, -0.1) is 0 Å². The Morgan fingerprint density at radius 3 is 2.00 bits per heavy atom. The monoisotopic (exact) mass is 164 g/mol. The van der Waals surface area contributed by atoms with Gasteiger partial charge in [0.15, 0.2) is 5.91 Å². The van der Waals surface area contributed by atoms with E-state index < -0.39 is 9.76 Å². The van der Waals surface area contributed by atoms with Crippen LogP contribution >= 0.6 is 0 Å². The number of rotatable bonds is 6. The Bertz CT molecular complexity index is 55.7. The van der Waals surface area contributed by atoms with Crippen molar-refractivity contribution in [2.24, 2.45) is 0 Å². The molecule has 3 nitrogen and oxygen atoms in total. The maximum Gasteiger partial charge on any atom is 0.223 e. The quantitative estimate of drug-likeness (QED) is 0.411. The lowest BCUT2D eigenvalue weighted by Gasteiger charge is -2.14. The fourth-order valence-corrected chi connectivity index (χ4v) is 1.59. The van der Waals surface area contributed by atoms with Crippen LogP contribution in [0.4, 0.5) is 0 Å². The molecule has 0 atom stereocenters. The van der Waals surface area contributed by atoms with Crippen molar-refractivity contribution in [3.8, 4) is 0 Å². The molecule has 0 aliphatic heterocycles. The zero-order valence-electron chi connectivity index (χ0n) is 6.92. The van der Waals surface area contributed by atoms with Crippen LogP contribution in [0.15, 0.2) is 0 Å². The van der Waals surface area contributed by atoms with E-state index in [4.69, 9.17) is 13.9 Å². The Morgan fingerprint density at radius 1 is 1.20 bits per heavy atom. The van der Waals surface area contributed by atoms with Gasteiger partial charge in [0.05, 0.1) is 0 Å². The van der Waals surface area contributed by atoms with Crippen molar-refractivity contribution >= 4 is 9.76 Å². The zero-order valence-corrected chi connectivity index (χ0v) is 8.34. The summed E-state index contributed by atoms with van der Waals surface area (Å²) in [6, 6.07) is 0. The second-order valence-electron chi connectivity index (χ2n) is 1.80. The average Bonchev–Trinajstić information content (AvgIpc) is 1.90. The third kappa shape index (κ3) is 4.93. The first-order chi connectivity index (χ1) is 4.85. The van der Waals surface area contributed by atoms with Gasteiger partial charge in [0.25, 0.3) is 0 Å². The van der Waals surface area contributed by atoms with Gasteiger partial charge in [0, 0.05) is 20.3 Å². The molecule has 0 aromatic rings. The third-order valence-electron chi connectivity index (χ3n) is 1.01. The van der Waals surface area contributed by atoms with E-state index in [1.165, 1.54) is 0 Å². The lowest BCUT2D eigenvalue weighted by Crippen LogP contribution is -2.25. The predicted octanol–water partition coefficient (Wildman–Crippen LogP) is 0.0732. The molecule has 0 fully saturated rings. The standard InChI is InChI=1S/C6H16O3Si/c1-4-8-6(9-5-2)10-7-3/h6H,4-5,10H2,1-3H3. The van der Waals surface area contributed by atoms with E-state index in [0.717, 1.165) is 0 Å². The van der Waals surface area contributed by atoms with Gasteiger partial charge in [-0.1, -0.05) is 0 Å². The van der Waals surface area contributed by atoms with Crippen LogP contribution in [0.1, 0.15) is 13.8 Å². The van der Waals surface area contributed by atoms with Crippen LogP contribution in [0.25, 0.3) is 0 Å². The molecule has 0 spiro atoms. The molecule has 0 aromatic carbocycles. The van der Waals surface area contributed by atoms with Gasteiger partial charge in [0.1, 0.15) is 0 Å². The van der Waals surface area contributed by atoms with Gasteiger partial charge in [0.2, 0.25) is 9.76 Å². The fourth-order valence-electron chi connectivity index (χ4n) is 0.652. The van der Waals surface area contributed by atoms with E-state index in [-0.39, 0.29) is 5.91 Å². The van der Waals surface area contributed by atoms with Crippen molar-refractivity contribution in [2.75, 3.05) is 20.3 Å².